The third-order valence-electron chi connectivity index (χ3n) is 3.84. The van der Waals surface area contributed by atoms with Crippen LogP contribution < -0.4 is 20.3 Å². The van der Waals surface area contributed by atoms with E-state index in [2.05, 4.69) is 5.32 Å². The number of alkyl halides is 5. The van der Waals surface area contributed by atoms with Crippen molar-refractivity contribution in [3.8, 4) is 5.75 Å². The van der Waals surface area contributed by atoms with Crippen molar-refractivity contribution in [1.29, 1.82) is 0 Å². The summed E-state index contributed by atoms with van der Waals surface area (Å²) < 4.78 is 67.1. The molecule has 2 rings (SSSR count). The Morgan fingerprint density at radius 3 is 2.46 bits per heavy atom. The van der Waals surface area contributed by atoms with Crippen molar-refractivity contribution < 1.29 is 41.1 Å². The summed E-state index contributed by atoms with van der Waals surface area (Å²) in [6, 6.07) is 5.40. The number of nitrogens with zero attached hydrogens (tertiary/aromatic N) is 1. The highest BCUT2D eigenvalue weighted by Crippen LogP contribution is 2.34. The number of ether oxygens (including phenoxy) is 1. The molecule has 1 aromatic carbocycles. The molecule has 0 saturated carbocycles. The third kappa shape index (κ3) is 4.87. The summed E-state index contributed by atoms with van der Waals surface area (Å²) in [6.45, 7) is -2.24. The number of likely N-dealkylation sites (N-methyl/N-ethyl adjacent to an activating group) is 1. The zero-order valence-corrected chi connectivity index (χ0v) is 14.5. The number of rotatable bonds is 5. The van der Waals surface area contributed by atoms with Gasteiger partial charge in [0.05, 0.1) is 12.2 Å². The van der Waals surface area contributed by atoms with Crippen LogP contribution in [0.5, 0.6) is 5.75 Å². The second kappa shape index (κ2) is 7.98. The van der Waals surface area contributed by atoms with E-state index in [0.717, 1.165) is 0 Å². The van der Waals surface area contributed by atoms with Crippen LogP contribution in [0.4, 0.5) is 27.6 Å². The van der Waals surface area contributed by atoms with E-state index in [1.165, 1.54) is 17.3 Å². The standard InChI is InChI=1S/C16H16F5N3O4/c1-24-10-4-2-3-5-11(10)28-7-9(14(24)27)23-13(26)6-12(25)22-8-15(17,18)16(19,20)21/h2-5,9H,6-8H2,1H3,(H,22,25)(H,23,26). The number of amides is 3. The molecule has 28 heavy (non-hydrogen) atoms. The number of hydrogen-bond donors (Lipinski definition) is 2. The van der Waals surface area contributed by atoms with Crippen LogP contribution in [0.3, 0.4) is 0 Å². The number of halogens is 5. The van der Waals surface area contributed by atoms with E-state index >= 15 is 0 Å². The Balaban J connectivity index is 1.91. The molecule has 154 valence electrons. The summed E-state index contributed by atoms with van der Waals surface area (Å²) in [4.78, 5) is 37.0. The number of nitrogens with one attached hydrogen (secondary N) is 2. The summed E-state index contributed by atoms with van der Waals surface area (Å²) in [5, 5.41) is 3.55. The van der Waals surface area contributed by atoms with Crippen LogP contribution in [0.15, 0.2) is 24.3 Å². The maximum atomic E-state index is 12.8. The topological polar surface area (TPSA) is 87.7 Å². The molecule has 0 saturated heterocycles. The first-order valence-corrected chi connectivity index (χ1v) is 7.92. The van der Waals surface area contributed by atoms with Crippen molar-refractivity contribution in [2.45, 2.75) is 24.6 Å². The number of fused-ring (bicyclic) bond motifs is 1. The van der Waals surface area contributed by atoms with Gasteiger partial charge in [-0.3, -0.25) is 14.4 Å². The second-order valence-electron chi connectivity index (χ2n) is 5.95. The van der Waals surface area contributed by atoms with Crippen molar-refractivity contribution in [3.05, 3.63) is 24.3 Å². The lowest BCUT2D eigenvalue weighted by atomic mass is 10.2. The molecular formula is C16H16F5N3O4. The lowest BCUT2D eigenvalue weighted by molar-refractivity contribution is -0.278. The number of carbonyl (C=O) groups excluding carboxylic acids is 3. The molecule has 0 bridgehead atoms. The number of para-hydroxylation sites is 2. The molecule has 12 heteroatoms. The fourth-order valence-corrected chi connectivity index (χ4v) is 2.32. The number of anilines is 1. The summed E-state index contributed by atoms with van der Waals surface area (Å²) in [7, 11) is 1.45. The zero-order chi connectivity index (χ0) is 21.1. The molecule has 7 nitrogen and oxygen atoms in total. The molecule has 1 aliphatic heterocycles. The fraction of sp³-hybridized carbons (Fsp3) is 0.438. The Kier molecular flexibility index (Phi) is 6.10. The molecule has 1 aliphatic rings. The average molecular weight is 409 g/mol. The van der Waals surface area contributed by atoms with Crippen molar-refractivity contribution >= 4 is 23.4 Å². The van der Waals surface area contributed by atoms with Gasteiger partial charge in [0.1, 0.15) is 24.8 Å². The van der Waals surface area contributed by atoms with Crippen LogP contribution in [0.2, 0.25) is 0 Å². The summed E-state index contributed by atoms with van der Waals surface area (Å²) in [5.74, 6) is -7.67. The Bertz CT molecular complexity index is 769. The van der Waals surface area contributed by atoms with Gasteiger partial charge in [0, 0.05) is 7.05 Å². The Hall–Kier alpha value is -2.92. The van der Waals surface area contributed by atoms with Gasteiger partial charge in [-0.25, -0.2) is 0 Å². The smallest absolute Gasteiger partial charge is 0.455 e. The summed E-state index contributed by atoms with van der Waals surface area (Å²) in [5.41, 5.74) is 0.455. The molecule has 1 atom stereocenters. The minimum Gasteiger partial charge on any atom is -0.489 e. The van der Waals surface area contributed by atoms with E-state index in [4.69, 9.17) is 4.74 Å². The van der Waals surface area contributed by atoms with Crippen LogP contribution in [0, 0.1) is 0 Å². The van der Waals surface area contributed by atoms with Gasteiger partial charge in [-0.1, -0.05) is 12.1 Å². The Morgan fingerprint density at radius 2 is 1.82 bits per heavy atom. The quantitative estimate of drug-likeness (QED) is 0.566. The normalized spacial score (nSPS) is 17.3. The van der Waals surface area contributed by atoms with Crippen molar-refractivity contribution in [2.75, 3.05) is 25.1 Å². The molecule has 0 aliphatic carbocycles. The molecule has 3 amide bonds. The highest BCUT2D eigenvalue weighted by molar-refractivity contribution is 6.03. The van der Waals surface area contributed by atoms with Crippen molar-refractivity contribution in [2.24, 2.45) is 0 Å². The van der Waals surface area contributed by atoms with Crippen LogP contribution in [-0.4, -0.2) is 56.1 Å². The Labute approximate surface area is 155 Å². The van der Waals surface area contributed by atoms with Gasteiger partial charge in [-0.05, 0) is 12.1 Å². The predicted molar refractivity (Wildman–Crippen MR) is 85.9 cm³/mol. The van der Waals surface area contributed by atoms with E-state index in [-0.39, 0.29) is 6.61 Å². The van der Waals surface area contributed by atoms with Gasteiger partial charge >= 0.3 is 12.1 Å². The first-order chi connectivity index (χ1) is 12.9. The van der Waals surface area contributed by atoms with Gasteiger partial charge in [-0.2, -0.15) is 22.0 Å². The van der Waals surface area contributed by atoms with Gasteiger partial charge in [0.25, 0.3) is 5.91 Å². The molecule has 1 aromatic rings. The fourth-order valence-electron chi connectivity index (χ4n) is 2.32. The molecule has 1 heterocycles. The summed E-state index contributed by atoms with van der Waals surface area (Å²) in [6.07, 6.45) is -6.86. The van der Waals surface area contributed by atoms with E-state index in [1.54, 1.807) is 24.3 Å². The highest BCUT2D eigenvalue weighted by Gasteiger charge is 2.57. The number of carbonyl (C=O) groups is 3. The largest absolute Gasteiger partial charge is 0.489 e. The van der Waals surface area contributed by atoms with Gasteiger partial charge in [0.15, 0.2) is 0 Å². The lowest BCUT2D eigenvalue weighted by Gasteiger charge is -2.21. The van der Waals surface area contributed by atoms with Gasteiger partial charge < -0.3 is 20.3 Å². The van der Waals surface area contributed by atoms with E-state index in [1.807, 2.05) is 0 Å². The minimum atomic E-state index is -5.83. The third-order valence-corrected chi connectivity index (χ3v) is 3.84. The highest BCUT2D eigenvalue weighted by atomic mass is 19.4. The second-order valence-corrected chi connectivity index (χ2v) is 5.95. The summed E-state index contributed by atoms with van der Waals surface area (Å²) >= 11 is 0. The molecule has 2 N–H and O–H groups in total. The minimum absolute atomic E-state index is 0.250. The lowest BCUT2D eigenvalue weighted by Crippen LogP contribution is -2.51. The van der Waals surface area contributed by atoms with Gasteiger partial charge in [0.2, 0.25) is 11.8 Å². The van der Waals surface area contributed by atoms with E-state index in [9.17, 15) is 36.3 Å². The monoisotopic (exact) mass is 409 g/mol. The first-order valence-electron chi connectivity index (χ1n) is 7.92. The van der Waals surface area contributed by atoms with Crippen LogP contribution in [-0.2, 0) is 14.4 Å². The van der Waals surface area contributed by atoms with Gasteiger partial charge in [-0.15, -0.1) is 0 Å². The molecular weight excluding hydrogens is 393 g/mol. The molecule has 0 fully saturated rings. The molecule has 1 unspecified atom stereocenters. The molecule has 0 spiro atoms. The predicted octanol–water partition coefficient (Wildman–Crippen LogP) is 1.23. The number of hydrogen-bond acceptors (Lipinski definition) is 4. The molecule has 0 aromatic heterocycles. The first kappa shape index (κ1) is 21.4. The number of benzene rings is 1. The van der Waals surface area contributed by atoms with Crippen LogP contribution >= 0.6 is 0 Å². The average Bonchev–Trinajstić information content (AvgIpc) is 2.72. The van der Waals surface area contributed by atoms with E-state index < -0.39 is 48.8 Å². The Morgan fingerprint density at radius 1 is 1.18 bits per heavy atom. The SMILES string of the molecule is CN1C(=O)C(NC(=O)CC(=O)NCC(F)(F)C(F)(F)F)COc2ccccc21. The van der Waals surface area contributed by atoms with Crippen LogP contribution in [0.25, 0.3) is 0 Å². The maximum Gasteiger partial charge on any atom is 0.455 e. The van der Waals surface area contributed by atoms with Crippen molar-refractivity contribution in [3.63, 3.8) is 0 Å². The zero-order valence-electron chi connectivity index (χ0n) is 14.5. The molecule has 0 radical (unpaired) electrons. The van der Waals surface area contributed by atoms with E-state index in [0.29, 0.717) is 11.4 Å². The van der Waals surface area contributed by atoms with Crippen LogP contribution in [0.1, 0.15) is 6.42 Å². The van der Waals surface area contributed by atoms with Crippen molar-refractivity contribution in [1.82, 2.24) is 10.6 Å². The maximum absolute atomic E-state index is 12.8.